The van der Waals surface area contributed by atoms with E-state index in [-0.39, 0.29) is 11.9 Å². The van der Waals surface area contributed by atoms with Crippen molar-refractivity contribution in [2.24, 2.45) is 5.92 Å². The van der Waals surface area contributed by atoms with Gasteiger partial charge in [-0.1, -0.05) is 25.7 Å². The van der Waals surface area contributed by atoms with Crippen molar-refractivity contribution in [3.05, 3.63) is 24.3 Å². The van der Waals surface area contributed by atoms with Crippen LogP contribution in [0.5, 0.6) is 0 Å². The van der Waals surface area contributed by atoms with Crippen LogP contribution in [-0.2, 0) is 4.79 Å². The van der Waals surface area contributed by atoms with Gasteiger partial charge in [0, 0.05) is 58.1 Å². The van der Waals surface area contributed by atoms with Crippen molar-refractivity contribution < 1.29 is 9.59 Å². The van der Waals surface area contributed by atoms with E-state index >= 15 is 0 Å². The minimum atomic E-state index is -0.0853. The monoisotopic (exact) mass is 386 g/mol. The average Bonchev–Trinajstić information content (AvgIpc) is 3.08. The smallest absolute Gasteiger partial charge is 0.321 e. The number of nitrogens with one attached hydrogen (secondary N) is 1. The van der Waals surface area contributed by atoms with E-state index in [0.29, 0.717) is 26.1 Å². The molecule has 0 unspecified atom stereocenters. The molecule has 0 atom stereocenters. The molecule has 1 saturated heterocycles. The molecule has 154 valence electrons. The SMILES string of the molecule is CN(C)c1ccc(NC(=O)N2CCCN(C(=O)CCC3CCCC3)CC2)cc1. The van der Waals surface area contributed by atoms with Crippen LogP contribution in [-0.4, -0.2) is 62.0 Å². The topological polar surface area (TPSA) is 55.9 Å². The van der Waals surface area contributed by atoms with Gasteiger partial charge in [-0.25, -0.2) is 4.79 Å². The Balaban J connectivity index is 1.45. The van der Waals surface area contributed by atoms with Crippen molar-refractivity contribution in [3.8, 4) is 0 Å². The molecule has 0 aromatic heterocycles. The maximum Gasteiger partial charge on any atom is 0.321 e. The van der Waals surface area contributed by atoms with E-state index in [4.69, 9.17) is 0 Å². The molecule has 1 N–H and O–H groups in total. The largest absolute Gasteiger partial charge is 0.378 e. The molecular formula is C22H34N4O2. The van der Waals surface area contributed by atoms with Crippen LogP contribution >= 0.6 is 0 Å². The zero-order valence-corrected chi connectivity index (χ0v) is 17.3. The molecule has 1 aliphatic heterocycles. The number of hydrogen-bond donors (Lipinski definition) is 1. The van der Waals surface area contributed by atoms with Crippen LogP contribution in [0.2, 0.25) is 0 Å². The highest BCUT2D eigenvalue weighted by Crippen LogP contribution is 2.28. The molecule has 1 heterocycles. The van der Waals surface area contributed by atoms with Gasteiger partial charge >= 0.3 is 6.03 Å². The molecule has 2 aliphatic rings. The number of carbonyl (C=O) groups is 2. The third-order valence-corrected chi connectivity index (χ3v) is 6.01. The first-order valence-electron chi connectivity index (χ1n) is 10.6. The van der Waals surface area contributed by atoms with E-state index in [1.54, 1.807) is 0 Å². The normalized spacial score (nSPS) is 18.1. The van der Waals surface area contributed by atoms with Crippen molar-refractivity contribution in [2.45, 2.75) is 44.9 Å². The molecule has 0 spiro atoms. The van der Waals surface area contributed by atoms with E-state index in [9.17, 15) is 9.59 Å². The van der Waals surface area contributed by atoms with Gasteiger partial charge < -0.3 is 20.0 Å². The van der Waals surface area contributed by atoms with Crippen molar-refractivity contribution in [3.63, 3.8) is 0 Å². The third kappa shape index (κ3) is 5.63. The van der Waals surface area contributed by atoms with E-state index in [1.165, 1.54) is 25.7 Å². The van der Waals surface area contributed by atoms with E-state index in [1.807, 2.05) is 53.1 Å². The average molecular weight is 387 g/mol. The number of amides is 3. The Hall–Kier alpha value is -2.24. The van der Waals surface area contributed by atoms with Crippen LogP contribution in [0.4, 0.5) is 16.2 Å². The summed E-state index contributed by atoms with van der Waals surface area (Å²) in [5, 5.41) is 2.98. The number of urea groups is 1. The molecule has 3 amide bonds. The van der Waals surface area contributed by atoms with Gasteiger partial charge in [-0.2, -0.15) is 0 Å². The fraction of sp³-hybridized carbons (Fsp3) is 0.636. The summed E-state index contributed by atoms with van der Waals surface area (Å²) in [4.78, 5) is 31.0. The van der Waals surface area contributed by atoms with Gasteiger partial charge in [-0.05, 0) is 43.0 Å². The summed E-state index contributed by atoms with van der Waals surface area (Å²) < 4.78 is 0. The lowest BCUT2D eigenvalue weighted by atomic mass is 10.0. The lowest BCUT2D eigenvalue weighted by Gasteiger charge is -2.23. The predicted molar refractivity (Wildman–Crippen MR) is 114 cm³/mol. The maximum absolute atomic E-state index is 12.6. The molecule has 1 aliphatic carbocycles. The molecule has 28 heavy (non-hydrogen) atoms. The summed E-state index contributed by atoms with van der Waals surface area (Å²) >= 11 is 0. The van der Waals surface area contributed by atoms with Crippen LogP contribution < -0.4 is 10.2 Å². The van der Waals surface area contributed by atoms with Gasteiger partial charge in [0.2, 0.25) is 5.91 Å². The Bertz CT molecular complexity index is 653. The zero-order chi connectivity index (χ0) is 19.9. The standard InChI is InChI=1S/C22H34N4O2/c1-24(2)20-11-9-19(10-12-20)23-22(28)26-15-5-14-25(16-17-26)21(27)13-8-18-6-3-4-7-18/h9-12,18H,3-8,13-17H2,1-2H3,(H,23,28). The summed E-state index contributed by atoms with van der Waals surface area (Å²) in [6.45, 7) is 2.67. The molecule has 0 radical (unpaired) electrons. The van der Waals surface area contributed by atoms with Gasteiger partial charge in [0.1, 0.15) is 0 Å². The van der Waals surface area contributed by atoms with Crippen LogP contribution in [0.25, 0.3) is 0 Å². The zero-order valence-electron chi connectivity index (χ0n) is 17.3. The molecule has 3 rings (SSSR count). The molecule has 1 saturated carbocycles. The van der Waals surface area contributed by atoms with Crippen LogP contribution in [0.3, 0.4) is 0 Å². The van der Waals surface area contributed by atoms with E-state index < -0.39 is 0 Å². The molecule has 1 aromatic carbocycles. The number of benzene rings is 1. The fourth-order valence-corrected chi connectivity index (χ4v) is 4.20. The Morgan fingerprint density at radius 3 is 2.29 bits per heavy atom. The highest BCUT2D eigenvalue weighted by molar-refractivity contribution is 5.89. The van der Waals surface area contributed by atoms with Crippen LogP contribution in [0, 0.1) is 5.92 Å². The summed E-state index contributed by atoms with van der Waals surface area (Å²) in [6.07, 6.45) is 7.75. The Labute approximate surface area is 168 Å². The third-order valence-electron chi connectivity index (χ3n) is 6.01. The molecule has 2 fully saturated rings. The molecule has 0 bridgehead atoms. The second kappa shape index (κ2) is 9.80. The predicted octanol–water partition coefficient (Wildman–Crippen LogP) is 3.79. The van der Waals surface area contributed by atoms with E-state index in [0.717, 1.165) is 36.7 Å². The maximum atomic E-state index is 12.6. The summed E-state index contributed by atoms with van der Waals surface area (Å²) in [5.74, 6) is 1.01. The minimum absolute atomic E-state index is 0.0853. The van der Waals surface area contributed by atoms with Gasteiger partial charge in [0.15, 0.2) is 0 Å². The number of rotatable bonds is 5. The number of hydrogen-bond acceptors (Lipinski definition) is 3. The first-order chi connectivity index (χ1) is 13.5. The number of carbonyl (C=O) groups excluding carboxylic acids is 2. The molecule has 6 nitrogen and oxygen atoms in total. The Morgan fingerprint density at radius 1 is 0.964 bits per heavy atom. The number of anilines is 2. The summed E-state index contributed by atoms with van der Waals surface area (Å²) in [7, 11) is 3.98. The molecular weight excluding hydrogens is 352 g/mol. The quantitative estimate of drug-likeness (QED) is 0.838. The second-order valence-electron chi connectivity index (χ2n) is 8.28. The Kier molecular flexibility index (Phi) is 7.18. The lowest BCUT2D eigenvalue weighted by molar-refractivity contribution is -0.131. The van der Waals surface area contributed by atoms with Gasteiger partial charge in [-0.15, -0.1) is 0 Å². The minimum Gasteiger partial charge on any atom is -0.378 e. The highest BCUT2D eigenvalue weighted by atomic mass is 16.2. The van der Waals surface area contributed by atoms with Crippen molar-refractivity contribution in [1.29, 1.82) is 0 Å². The lowest BCUT2D eigenvalue weighted by Crippen LogP contribution is -2.39. The van der Waals surface area contributed by atoms with Gasteiger partial charge in [0.05, 0.1) is 0 Å². The van der Waals surface area contributed by atoms with Gasteiger partial charge in [-0.3, -0.25) is 4.79 Å². The van der Waals surface area contributed by atoms with Gasteiger partial charge in [0.25, 0.3) is 0 Å². The first kappa shape index (κ1) is 20.5. The van der Waals surface area contributed by atoms with Crippen molar-refractivity contribution in [1.82, 2.24) is 9.80 Å². The highest BCUT2D eigenvalue weighted by Gasteiger charge is 2.23. The molecule has 1 aromatic rings. The first-order valence-corrected chi connectivity index (χ1v) is 10.6. The van der Waals surface area contributed by atoms with Crippen molar-refractivity contribution >= 4 is 23.3 Å². The molecule has 6 heteroatoms. The van der Waals surface area contributed by atoms with E-state index in [2.05, 4.69) is 5.32 Å². The van der Waals surface area contributed by atoms with Crippen molar-refractivity contribution in [2.75, 3.05) is 50.5 Å². The summed E-state index contributed by atoms with van der Waals surface area (Å²) in [6, 6.07) is 7.73. The second-order valence-corrected chi connectivity index (χ2v) is 8.28. The Morgan fingerprint density at radius 2 is 1.61 bits per heavy atom. The van der Waals surface area contributed by atoms with Crippen LogP contribution in [0.15, 0.2) is 24.3 Å². The fourth-order valence-electron chi connectivity index (χ4n) is 4.20. The van der Waals surface area contributed by atoms with Crippen LogP contribution in [0.1, 0.15) is 44.9 Å². The summed E-state index contributed by atoms with van der Waals surface area (Å²) in [5.41, 5.74) is 1.89. The number of nitrogens with zero attached hydrogens (tertiary/aromatic N) is 3.